The van der Waals surface area contributed by atoms with Crippen molar-refractivity contribution in [2.45, 2.75) is 12.5 Å². The highest BCUT2D eigenvalue weighted by molar-refractivity contribution is 5.49. The van der Waals surface area contributed by atoms with Crippen molar-refractivity contribution in [1.29, 1.82) is 0 Å². The Morgan fingerprint density at radius 1 is 1.00 bits per heavy atom. The normalized spacial score (nSPS) is 21.3. The summed E-state index contributed by atoms with van der Waals surface area (Å²) in [7, 11) is 0. The molecule has 27 heavy (non-hydrogen) atoms. The Balaban J connectivity index is 1.29. The lowest BCUT2D eigenvalue weighted by molar-refractivity contribution is 0.198. The monoisotopic (exact) mass is 365 g/mol. The summed E-state index contributed by atoms with van der Waals surface area (Å²) >= 11 is 0. The topological polar surface area (TPSA) is 55.7 Å². The molecule has 142 valence electrons. The van der Waals surface area contributed by atoms with Crippen molar-refractivity contribution < 1.29 is 5.11 Å². The zero-order chi connectivity index (χ0) is 18.5. The quantitative estimate of drug-likeness (QED) is 0.873. The first-order valence-corrected chi connectivity index (χ1v) is 9.73. The molecule has 0 amide bonds. The van der Waals surface area contributed by atoms with Crippen LogP contribution in [0.15, 0.2) is 48.7 Å². The Morgan fingerprint density at radius 3 is 2.56 bits per heavy atom. The molecule has 6 heteroatoms. The molecule has 6 nitrogen and oxygen atoms in total. The minimum absolute atomic E-state index is 0.240. The van der Waals surface area contributed by atoms with E-state index in [9.17, 15) is 5.11 Å². The third kappa shape index (κ3) is 4.64. The minimum atomic E-state index is -0.240. The van der Waals surface area contributed by atoms with Gasteiger partial charge < -0.3 is 14.9 Å². The molecular formula is C21H27N5O. The standard InChI is InChI=1S/C21H27N5O/c27-19-9-12-26(17-19)20-8-10-22-21(23-20)25-15-13-24(14-16-25)11-4-7-18-5-2-1-3-6-18/h1-8,10,19,27H,9,11-17H2/b7-4+/t19-/m1/s1. The van der Waals surface area contributed by atoms with Gasteiger partial charge in [-0.15, -0.1) is 0 Å². The van der Waals surface area contributed by atoms with Crippen LogP contribution >= 0.6 is 0 Å². The molecule has 2 aliphatic heterocycles. The van der Waals surface area contributed by atoms with Crippen molar-refractivity contribution in [2.24, 2.45) is 0 Å². The maximum absolute atomic E-state index is 9.75. The predicted molar refractivity (Wildman–Crippen MR) is 109 cm³/mol. The molecule has 0 bridgehead atoms. The van der Waals surface area contributed by atoms with Gasteiger partial charge in [0.2, 0.25) is 5.95 Å². The molecule has 1 N–H and O–H groups in total. The number of aromatic nitrogens is 2. The molecule has 4 rings (SSSR count). The van der Waals surface area contributed by atoms with Crippen LogP contribution in [0.2, 0.25) is 0 Å². The average Bonchev–Trinajstić information content (AvgIpc) is 3.16. The Morgan fingerprint density at radius 2 is 1.81 bits per heavy atom. The van der Waals surface area contributed by atoms with Crippen LogP contribution in [0.4, 0.5) is 11.8 Å². The van der Waals surface area contributed by atoms with Crippen LogP contribution in [-0.2, 0) is 0 Å². The van der Waals surface area contributed by atoms with Gasteiger partial charge in [-0.2, -0.15) is 4.98 Å². The largest absolute Gasteiger partial charge is 0.391 e. The molecular weight excluding hydrogens is 338 g/mol. The Bertz CT molecular complexity index is 758. The van der Waals surface area contributed by atoms with E-state index in [2.05, 4.69) is 56.1 Å². The first-order chi connectivity index (χ1) is 13.3. The van der Waals surface area contributed by atoms with Crippen LogP contribution in [0, 0.1) is 0 Å². The van der Waals surface area contributed by atoms with E-state index in [1.807, 2.05) is 18.3 Å². The fourth-order valence-electron chi connectivity index (χ4n) is 3.65. The number of aliphatic hydroxyl groups excluding tert-OH is 1. The Kier molecular flexibility index (Phi) is 5.65. The molecule has 2 aliphatic rings. The van der Waals surface area contributed by atoms with Gasteiger partial charge in [-0.1, -0.05) is 42.5 Å². The number of β-amino-alcohol motifs (C(OH)–C–C–N with tert-alkyl or cyclic N) is 1. The molecule has 3 heterocycles. The molecule has 0 aliphatic carbocycles. The van der Waals surface area contributed by atoms with E-state index in [-0.39, 0.29) is 6.10 Å². The molecule has 2 fully saturated rings. The average molecular weight is 365 g/mol. The van der Waals surface area contributed by atoms with Crippen LogP contribution in [0.5, 0.6) is 0 Å². The summed E-state index contributed by atoms with van der Waals surface area (Å²) in [6.45, 7) is 6.38. The third-order valence-electron chi connectivity index (χ3n) is 5.24. The zero-order valence-corrected chi connectivity index (χ0v) is 15.6. The van der Waals surface area contributed by atoms with Gasteiger partial charge in [0.1, 0.15) is 5.82 Å². The van der Waals surface area contributed by atoms with Gasteiger partial charge in [-0.3, -0.25) is 4.90 Å². The van der Waals surface area contributed by atoms with Gasteiger partial charge in [0.25, 0.3) is 0 Å². The summed E-state index contributed by atoms with van der Waals surface area (Å²) in [5.74, 6) is 1.72. The van der Waals surface area contributed by atoms with Gasteiger partial charge in [0.05, 0.1) is 6.10 Å². The minimum Gasteiger partial charge on any atom is -0.391 e. The van der Waals surface area contributed by atoms with Gasteiger partial charge in [0, 0.05) is 52.0 Å². The highest BCUT2D eigenvalue weighted by Gasteiger charge is 2.23. The summed E-state index contributed by atoms with van der Waals surface area (Å²) in [4.78, 5) is 16.1. The second-order valence-electron chi connectivity index (χ2n) is 7.20. The molecule has 1 aromatic heterocycles. The van der Waals surface area contributed by atoms with Crippen LogP contribution in [-0.4, -0.2) is 71.9 Å². The van der Waals surface area contributed by atoms with E-state index in [0.29, 0.717) is 6.54 Å². The first kappa shape index (κ1) is 17.9. The zero-order valence-electron chi connectivity index (χ0n) is 15.6. The lowest BCUT2D eigenvalue weighted by Crippen LogP contribution is -2.47. The lowest BCUT2D eigenvalue weighted by atomic mass is 10.2. The summed E-state index contributed by atoms with van der Waals surface area (Å²) in [6.07, 6.45) is 6.83. The number of anilines is 2. The highest BCUT2D eigenvalue weighted by atomic mass is 16.3. The summed E-state index contributed by atoms with van der Waals surface area (Å²) in [6, 6.07) is 12.4. The number of piperazine rings is 1. The van der Waals surface area contributed by atoms with Gasteiger partial charge in [-0.25, -0.2) is 4.98 Å². The molecule has 0 saturated carbocycles. The van der Waals surface area contributed by atoms with Crippen molar-refractivity contribution in [3.63, 3.8) is 0 Å². The van der Waals surface area contributed by atoms with Crippen molar-refractivity contribution in [3.8, 4) is 0 Å². The SMILES string of the molecule is O[C@@H]1CCN(c2ccnc(N3CCN(C/C=C/c4ccccc4)CC3)n2)C1. The second kappa shape index (κ2) is 8.50. The first-order valence-electron chi connectivity index (χ1n) is 9.73. The number of aliphatic hydroxyl groups is 1. The maximum Gasteiger partial charge on any atom is 0.227 e. The summed E-state index contributed by atoms with van der Waals surface area (Å²) in [5.41, 5.74) is 1.24. The third-order valence-corrected chi connectivity index (χ3v) is 5.24. The van der Waals surface area contributed by atoms with Crippen molar-refractivity contribution >= 4 is 17.8 Å². The molecule has 0 unspecified atom stereocenters. The van der Waals surface area contributed by atoms with E-state index >= 15 is 0 Å². The number of rotatable bonds is 5. The van der Waals surface area contributed by atoms with Gasteiger partial charge in [0.15, 0.2) is 0 Å². The smallest absolute Gasteiger partial charge is 0.227 e. The van der Waals surface area contributed by atoms with Gasteiger partial charge in [-0.05, 0) is 18.1 Å². The Hall–Kier alpha value is -2.44. The second-order valence-corrected chi connectivity index (χ2v) is 7.20. The van der Waals surface area contributed by atoms with Gasteiger partial charge >= 0.3 is 0 Å². The van der Waals surface area contributed by atoms with E-state index < -0.39 is 0 Å². The molecule has 0 spiro atoms. The van der Waals surface area contributed by atoms with E-state index in [1.165, 1.54) is 5.56 Å². The fraction of sp³-hybridized carbons (Fsp3) is 0.429. The van der Waals surface area contributed by atoms with Crippen molar-refractivity contribution in [3.05, 3.63) is 54.2 Å². The molecule has 1 atom stereocenters. The number of benzene rings is 1. The van der Waals surface area contributed by atoms with Crippen molar-refractivity contribution in [2.75, 3.05) is 55.6 Å². The van der Waals surface area contributed by atoms with Crippen LogP contribution in [0.3, 0.4) is 0 Å². The van der Waals surface area contributed by atoms with Crippen LogP contribution in [0.1, 0.15) is 12.0 Å². The van der Waals surface area contributed by atoms with Crippen LogP contribution < -0.4 is 9.80 Å². The fourth-order valence-corrected chi connectivity index (χ4v) is 3.65. The molecule has 2 saturated heterocycles. The number of nitrogens with zero attached hydrogens (tertiary/aromatic N) is 5. The maximum atomic E-state index is 9.75. The van der Waals surface area contributed by atoms with Crippen LogP contribution in [0.25, 0.3) is 6.08 Å². The number of hydrogen-bond acceptors (Lipinski definition) is 6. The number of hydrogen-bond donors (Lipinski definition) is 1. The highest BCUT2D eigenvalue weighted by Crippen LogP contribution is 2.20. The summed E-state index contributed by atoms with van der Waals surface area (Å²) < 4.78 is 0. The lowest BCUT2D eigenvalue weighted by Gasteiger charge is -2.34. The summed E-state index contributed by atoms with van der Waals surface area (Å²) in [5, 5.41) is 9.75. The van der Waals surface area contributed by atoms with E-state index in [1.54, 1.807) is 0 Å². The van der Waals surface area contributed by atoms with Crippen molar-refractivity contribution in [1.82, 2.24) is 14.9 Å². The molecule has 0 radical (unpaired) electrons. The van der Waals surface area contributed by atoms with E-state index in [0.717, 1.165) is 57.5 Å². The molecule has 1 aromatic carbocycles. The van der Waals surface area contributed by atoms with E-state index in [4.69, 9.17) is 4.98 Å². The predicted octanol–water partition coefficient (Wildman–Crippen LogP) is 1.88. The molecule has 2 aromatic rings. The Labute approximate surface area is 160 Å².